The summed E-state index contributed by atoms with van der Waals surface area (Å²) in [6.45, 7) is 4.04. The molecule has 2 aliphatic rings. The van der Waals surface area contributed by atoms with Crippen LogP contribution in [0, 0.1) is 5.92 Å². The molecule has 0 N–H and O–H groups in total. The second-order valence-corrected chi connectivity index (χ2v) is 10.2. The average Bonchev–Trinajstić information content (AvgIpc) is 3.06. The highest BCUT2D eigenvalue weighted by Gasteiger charge is 2.39. The van der Waals surface area contributed by atoms with E-state index in [0.717, 1.165) is 47.3 Å². The van der Waals surface area contributed by atoms with Crippen LogP contribution in [0.4, 0.5) is 0 Å². The molecule has 25 heavy (non-hydrogen) atoms. The van der Waals surface area contributed by atoms with Crippen molar-refractivity contribution >= 4 is 31.8 Å². The molecule has 4 rings (SSSR count). The number of rotatable bonds is 3. The molecular formula is C18H25N3O2S2. The van der Waals surface area contributed by atoms with Crippen molar-refractivity contribution in [3.05, 3.63) is 29.3 Å². The molecule has 0 amide bonds. The van der Waals surface area contributed by atoms with Crippen LogP contribution in [-0.4, -0.2) is 41.6 Å². The molecule has 1 aromatic heterocycles. The Morgan fingerprint density at radius 3 is 2.76 bits per heavy atom. The maximum absolute atomic E-state index is 13.3. The molecule has 0 radical (unpaired) electrons. The zero-order valence-corrected chi connectivity index (χ0v) is 16.2. The number of piperidine rings is 2. The summed E-state index contributed by atoms with van der Waals surface area (Å²) in [5.74, 6) is 0.439. The normalized spacial score (nSPS) is 26.9. The SMILES string of the molecule is CC1CCCN(S(=O)(=O)N2CCCCC2c2nc3ccccc3s2)C1. The van der Waals surface area contributed by atoms with Gasteiger partial charge in [0, 0.05) is 19.6 Å². The molecule has 2 aromatic rings. The number of benzene rings is 1. The predicted molar refractivity (Wildman–Crippen MR) is 102 cm³/mol. The number of fused-ring (bicyclic) bond motifs is 1. The summed E-state index contributed by atoms with van der Waals surface area (Å²) >= 11 is 1.64. The third kappa shape index (κ3) is 3.35. The van der Waals surface area contributed by atoms with Gasteiger partial charge in [-0.25, -0.2) is 4.98 Å². The summed E-state index contributed by atoms with van der Waals surface area (Å²) in [7, 11) is -3.42. The highest BCUT2D eigenvalue weighted by molar-refractivity contribution is 7.86. The van der Waals surface area contributed by atoms with Gasteiger partial charge in [0.05, 0.1) is 16.3 Å². The predicted octanol–water partition coefficient (Wildman–Crippen LogP) is 3.80. The summed E-state index contributed by atoms with van der Waals surface area (Å²) in [5.41, 5.74) is 0.969. The van der Waals surface area contributed by atoms with Crippen LogP contribution in [-0.2, 0) is 10.2 Å². The first-order chi connectivity index (χ1) is 12.1. The van der Waals surface area contributed by atoms with Gasteiger partial charge in [0.25, 0.3) is 10.2 Å². The zero-order valence-electron chi connectivity index (χ0n) is 14.6. The molecule has 5 nitrogen and oxygen atoms in total. The van der Waals surface area contributed by atoms with Gasteiger partial charge in [0.2, 0.25) is 0 Å². The van der Waals surface area contributed by atoms with E-state index >= 15 is 0 Å². The number of hydrogen-bond acceptors (Lipinski definition) is 4. The molecule has 136 valence electrons. The standard InChI is InChI=1S/C18H25N3O2S2/c1-14-7-6-11-20(13-14)25(22,23)21-12-5-4-9-16(21)18-19-15-8-2-3-10-17(15)24-18/h2-3,8,10,14,16H,4-7,9,11-13H2,1H3. The quantitative estimate of drug-likeness (QED) is 0.815. The first-order valence-corrected chi connectivity index (χ1v) is 11.4. The number of nitrogens with zero attached hydrogens (tertiary/aromatic N) is 3. The van der Waals surface area contributed by atoms with Crippen molar-refractivity contribution < 1.29 is 8.42 Å². The molecule has 1 aromatic carbocycles. The highest BCUT2D eigenvalue weighted by Crippen LogP contribution is 2.38. The van der Waals surface area contributed by atoms with E-state index in [4.69, 9.17) is 4.98 Å². The molecule has 2 fully saturated rings. The molecule has 3 heterocycles. The van der Waals surface area contributed by atoms with Crippen molar-refractivity contribution in [3.63, 3.8) is 0 Å². The Hall–Kier alpha value is -1.02. The van der Waals surface area contributed by atoms with Gasteiger partial charge in [-0.15, -0.1) is 11.3 Å². The van der Waals surface area contributed by atoms with Crippen LogP contribution >= 0.6 is 11.3 Å². The Kier molecular flexibility index (Phi) is 4.83. The monoisotopic (exact) mass is 379 g/mol. The minimum atomic E-state index is -3.42. The Balaban J connectivity index is 1.66. The Bertz CT molecular complexity index is 816. The number of aromatic nitrogens is 1. The van der Waals surface area contributed by atoms with Gasteiger partial charge in [-0.1, -0.05) is 25.5 Å². The minimum Gasteiger partial charge on any atom is -0.239 e. The summed E-state index contributed by atoms with van der Waals surface area (Å²) in [6, 6.07) is 7.94. The van der Waals surface area contributed by atoms with Gasteiger partial charge < -0.3 is 0 Å². The maximum Gasteiger partial charge on any atom is 0.282 e. The smallest absolute Gasteiger partial charge is 0.239 e. The summed E-state index contributed by atoms with van der Waals surface area (Å²) in [5, 5.41) is 0.939. The van der Waals surface area contributed by atoms with Crippen LogP contribution in [0.3, 0.4) is 0 Å². The van der Waals surface area contributed by atoms with Crippen molar-refractivity contribution in [3.8, 4) is 0 Å². The topological polar surface area (TPSA) is 53.5 Å². The lowest BCUT2D eigenvalue weighted by Gasteiger charge is -2.39. The van der Waals surface area contributed by atoms with Crippen molar-refractivity contribution in [1.82, 2.24) is 13.6 Å². The van der Waals surface area contributed by atoms with Gasteiger partial charge in [-0.05, 0) is 43.7 Å². The molecule has 2 unspecified atom stereocenters. The van der Waals surface area contributed by atoms with Crippen LogP contribution in [0.1, 0.15) is 50.1 Å². The molecule has 2 aliphatic heterocycles. The van der Waals surface area contributed by atoms with Crippen molar-refractivity contribution in [1.29, 1.82) is 0 Å². The summed E-state index contributed by atoms with van der Waals surface area (Å²) < 4.78 is 31.2. The Morgan fingerprint density at radius 1 is 1.12 bits per heavy atom. The van der Waals surface area contributed by atoms with Crippen LogP contribution in [0.5, 0.6) is 0 Å². The van der Waals surface area contributed by atoms with Crippen molar-refractivity contribution in [2.75, 3.05) is 19.6 Å². The van der Waals surface area contributed by atoms with Gasteiger partial charge in [0.15, 0.2) is 0 Å². The largest absolute Gasteiger partial charge is 0.282 e. The van der Waals surface area contributed by atoms with Gasteiger partial charge in [-0.2, -0.15) is 17.0 Å². The highest BCUT2D eigenvalue weighted by atomic mass is 32.2. The van der Waals surface area contributed by atoms with Crippen LogP contribution < -0.4 is 0 Å². The zero-order chi connectivity index (χ0) is 17.4. The van der Waals surface area contributed by atoms with E-state index in [1.54, 1.807) is 19.9 Å². The van der Waals surface area contributed by atoms with E-state index < -0.39 is 10.2 Å². The number of hydrogen-bond donors (Lipinski definition) is 0. The number of para-hydroxylation sites is 1. The fourth-order valence-electron chi connectivity index (χ4n) is 3.96. The van der Waals surface area contributed by atoms with E-state index in [-0.39, 0.29) is 6.04 Å². The Labute approximate surface area is 153 Å². The minimum absolute atomic E-state index is 0.117. The lowest BCUT2D eigenvalue weighted by molar-refractivity contribution is 0.211. The third-order valence-electron chi connectivity index (χ3n) is 5.29. The van der Waals surface area contributed by atoms with E-state index in [9.17, 15) is 8.42 Å². The molecular weight excluding hydrogens is 354 g/mol. The van der Waals surface area contributed by atoms with Gasteiger partial charge in [0.1, 0.15) is 5.01 Å². The third-order valence-corrected chi connectivity index (χ3v) is 8.44. The van der Waals surface area contributed by atoms with E-state index in [2.05, 4.69) is 13.0 Å². The van der Waals surface area contributed by atoms with E-state index in [0.29, 0.717) is 25.6 Å². The van der Waals surface area contributed by atoms with Crippen LogP contribution in [0.25, 0.3) is 10.2 Å². The maximum atomic E-state index is 13.3. The first-order valence-electron chi connectivity index (χ1n) is 9.18. The van der Waals surface area contributed by atoms with E-state index in [1.807, 2.05) is 18.2 Å². The van der Waals surface area contributed by atoms with Crippen molar-refractivity contribution in [2.24, 2.45) is 5.92 Å². The summed E-state index contributed by atoms with van der Waals surface area (Å²) in [6.07, 6.45) is 4.93. The second-order valence-electron chi connectivity index (χ2n) is 7.26. The molecule has 7 heteroatoms. The molecule has 0 saturated carbocycles. The summed E-state index contributed by atoms with van der Waals surface area (Å²) in [4.78, 5) is 4.75. The molecule has 0 spiro atoms. The molecule has 2 atom stereocenters. The van der Waals surface area contributed by atoms with Gasteiger partial charge in [-0.3, -0.25) is 0 Å². The molecule has 2 saturated heterocycles. The first kappa shape index (κ1) is 17.4. The second kappa shape index (κ2) is 6.95. The Morgan fingerprint density at radius 2 is 1.96 bits per heavy atom. The van der Waals surface area contributed by atoms with Gasteiger partial charge >= 0.3 is 0 Å². The van der Waals surface area contributed by atoms with E-state index in [1.165, 1.54) is 0 Å². The van der Waals surface area contributed by atoms with Crippen LogP contribution in [0.2, 0.25) is 0 Å². The van der Waals surface area contributed by atoms with Crippen molar-refractivity contribution in [2.45, 2.75) is 45.1 Å². The lowest BCUT2D eigenvalue weighted by Crippen LogP contribution is -2.50. The fraction of sp³-hybridized carbons (Fsp3) is 0.611. The lowest BCUT2D eigenvalue weighted by atomic mass is 10.0. The number of thiazole rings is 1. The average molecular weight is 380 g/mol. The van der Waals surface area contributed by atoms with Crippen LogP contribution in [0.15, 0.2) is 24.3 Å². The molecule has 0 aliphatic carbocycles. The molecule has 0 bridgehead atoms. The fourth-order valence-corrected chi connectivity index (χ4v) is 7.13.